The molecule has 0 heterocycles. The molecule has 1 aromatic rings. The van der Waals surface area contributed by atoms with Gasteiger partial charge in [0.15, 0.2) is 0 Å². The van der Waals surface area contributed by atoms with Crippen LogP contribution >= 0.6 is 0 Å². The Morgan fingerprint density at radius 1 is 1.46 bits per heavy atom. The van der Waals surface area contributed by atoms with Gasteiger partial charge >= 0.3 is 5.97 Å². The Hall–Kier alpha value is -1.62. The molecule has 70 valence electrons. The lowest BCUT2D eigenvalue weighted by Gasteiger charge is -2.07. The zero-order chi connectivity index (χ0) is 10.0. The summed E-state index contributed by atoms with van der Waals surface area (Å²) in [6.07, 6.45) is 0. The standard InChI is InChI=1S/C8H9FN2O2/c9-5-1-4(2-6(10)3-5)7(11)8(12)13/h1-3,7H,10-11H2,(H,12,13)/t7-/m0/s1. The van der Waals surface area contributed by atoms with Crippen molar-refractivity contribution < 1.29 is 14.3 Å². The van der Waals surface area contributed by atoms with Crippen LogP contribution in [0.4, 0.5) is 10.1 Å². The third kappa shape index (κ3) is 2.16. The normalized spacial score (nSPS) is 12.5. The summed E-state index contributed by atoms with van der Waals surface area (Å²) in [6.45, 7) is 0. The third-order valence-corrected chi connectivity index (χ3v) is 1.57. The molecule has 0 saturated carbocycles. The number of benzene rings is 1. The van der Waals surface area contributed by atoms with Crippen LogP contribution in [0.25, 0.3) is 0 Å². The lowest BCUT2D eigenvalue weighted by molar-refractivity contribution is -0.138. The first-order valence-corrected chi connectivity index (χ1v) is 3.55. The zero-order valence-electron chi connectivity index (χ0n) is 6.70. The van der Waals surface area contributed by atoms with E-state index in [9.17, 15) is 9.18 Å². The molecule has 0 unspecified atom stereocenters. The van der Waals surface area contributed by atoms with Crippen molar-refractivity contribution in [1.82, 2.24) is 0 Å². The second-order valence-electron chi connectivity index (χ2n) is 2.63. The van der Waals surface area contributed by atoms with Crippen LogP contribution in [0, 0.1) is 5.82 Å². The molecule has 0 radical (unpaired) electrons. The number of rotatable bonds is 2. The molecular weight excluding hydrogens is 175 g/mol. The quantitative estimate of drug-likeness (QED) is 0.583. The number of carboxylic acid groups (broad SMARTS) is 1. The van der Waals surface area contributed by atoms with Gasteiger partial charge in [-0.3, -0.25) is 4.79 Å². The monoisotopic (exact) mass is 184 g/mol. The van der Waals surface area contributed by atoms with E-state index in [1.807, 2.05) is 0 Å². The number of hydrogen-bond donors (Lipinski definition) is 3. The van der Waals surface area contributed by atoms with Gasteiger partial charge in [-0.1, -0.05) is 0 Å². The van der Waals surface area contributed by atoms with Gasteiger partial charge in [0, 0.05) is 5.69 Å². The second kappa shape index (κ2) is 3.40. The topological polar surface area (TPSA) is 89.3 Å². The van der Waals surface area contributed by atoms with Gasteiger partial charge in [0.05, 0.1) is 0 Å². The maximum absolute atomic E-state index is 12.7. The Labute approximate surface area is 74.0 Å². The number of halogens is 1. The molecule has 5 heteroatoms. The van der Waals surface area contributed by atoms with Gasteiger partial charge in [-0.25, -0.2) is 4.39 Å². The molecule has 0 amide bonds. The fraction of sp³-hybridized carbons (Fsp3) is 0.125. The van der Waals surface area contributed by atoms with E-state index in [4.69, 9.17) is 16.6 Å². The van der Waals surface area contributed by atoms with Crippen LogP contribution < -0.4 is 11.5 Å². The van der Waals surface area contributed by atoms with Gasteiger partial charge in [-0.2, -0.15) is 0 Å². The second-order valence-corrected chi connectivity index (χ2v) is 2.63. The van der Waals surface area contributed by atoms with E-state index in [-0.39, 0.29) is 11.3 Å². The fourth-order valence-electron chi connectivity index (χ4n) is 0.958. The largest absolute Gasteiger partial charge is 0.480 e. The highest BCUT2D eigenvalue weighted by Gasteiger charge is 2.15. The molecule has 1 rings (SSSR count). The van der Waals surface area contributed by atoms with Crippen LogP contribution in [0.15, 0.2) is 18.2 Å². The summed E-state index contributed by atoms with van der Waals surface area (Å²) in [7, 11) is 0. The van der Waals surface area contributed by atoms with Crippen LogP contribution in [-0.2, 0) is 4.79 Å². The van der Waals surface area contributed by atoms with E-state index < -0.39 is 17.8 Å². The van der Waals surface area contributed by atoms with Crippen LogP contribution in [-0.4, -0.2) is 11.1 Å². The Kier molecular flexibility index (Phi) is 2.48. The molecule has 0 aromatic heterocycles. The Bertz CT molecular complexity index is 321. The number of nitrogen functional groups attached to an aromatic ring is 1. The number of carboxylic acids is 1. The average Bonchev–Trinajstić information content (AvgIpc) is 2.01. The molecule has 0 spiro atoms. The molecule has 0 saturated heterocycles. The summed E-state index contributed by atoms with van der Waals surface area (Å²) in [5.41, 5.74) is 10.9. The van der Waals surface area contributed by atoms with Gasteiger partial charge in [0.25, 0.3) is 0 Å². The van der Waals surface area contributed by atoms with Crippen LogP contribution in [0.1, 0.15) is 11.6 Å². The molecule has 0 aliphatic carbocycles. The first-order valence-electron chi connectivity index (χ1n) is 3.55. The lowest BCUT2D eigenvalue weighted by Crippen LogP contribution is -2.20. The van der Waals surface area contributed by atoms with Gasteiger partial charge < -0.3 is 16.6 Å². The van der Waals surface area contributed by atoms with Gasteiger partial charge in [-0.15, -0.1) is 0 Å². The molecule has 0 aliphatic rings. The number of anilines is 1. The summed E-state index contributed by atoms with van der Waals surface area (Å²) < 4.78 is 12.7. The molecule has 13 heavy (non-hydrogen) atoms. The zero-order valence-corrected chi connectivity index (χ0v) is 6.70. The first kappa shape index (κ1) is 9.47. The Morgan fingerprint density at radius 2 is 2.08 bits per heavy atom. The SMILES string of the molecule is Nc1cc(F)cc([C@H](N)C(=O)O)c1. The Morgan fingerprint density at radius 3 is 2.54 bits per heavy atom. The molecule has 1 aromatic carbocycles. The van der Waals surface area contributed by atoms with Crippen molar-refractivity contribution >= 4 is 11.7 Å². The first-order chi connectivity index (χ1) is 6.00. The number of carbonyl (C=O) groups is 1. The maximum atomic E-state index is 12.7. The van der Waals surface area contributed by atoms with E-state index in [1.54, 1.807) is 0 Å². The van der Waals surface area contributed by atoms with Crippen LogP contribution in [0.5, 0.6) is 0 Å². The van der Waals surface area contributed by atoms with E-state index in [1.165, 1.54) is 6.07 Å². The molecule has 5 N–H and O–H groups in total. The van der Waals surface area contributed by atoms with Gasteiger partial charge in [0.2, 0.25) is 0 Å². The summed E-state index contributed by atoms with van der Waals surface area (Å²) in [4.78, 5) is 10.4. The van der Waals surface area contributed by atoms with E-state index in [0.29, 0.717) is 0 Å². The molecule has 1 atom stereocenters. The van der Waals surface area contributed by atoms with Crippen molar-refractivity contribution in [3.05, 3.63) is 29.6 Å². The summed E-state index contributed by atoms with van der Waals surface area (Å²) >= 11 is 0. The molecule has 0 bridgehead atoms. The van der Waals surface area contributed by atoms with Crippen molar-refractivity contribution in [2.45, 2.75) is 6.04 Å². The smallest absolute Gasteiger partial charge is 0.325 e. The van der Waals surface area contributed by atoms with E-state index >= 15 is 0 Å². The Balaban J connectivity index is 3.07. The predicted molar refractivity (Wildman–Crippen MR) is 45.4 cm³/mol. The highest BCUT2D eigenvalue weighted by atomic mass is 19.1. The highest BCUT2D eigenvalue weighted by molar-refractivity contribution is 5.75. The molecule has 0 fully saturated rings. The van der Waals surface area contributed by atoms with Gasteiger partial charge in [0.1, 0.15) is 11.9 Å². The highest BCUT2D eigenvalue weighted by Crippen LogP contribution is 2.16. The average molecular weight is 184 g/mol. The summed E-state index contributed by atoms with van der Waals surface area (Å²) in [5, 5.41) is 8.53. The third-order valence-electron chi connectivity index (χ3n) is 1.57. The predicted octanol–water partition coefficient (Wildman–Crippen LogP) is 0.492. The van der Waals surface area contributed by atoms with Crippen molar-refractivity contribution in [2.75, 3.05) is 5.73 Å². The van der Waals surface area contributed by atoms with Crippen molar-refractivity contribution in [3.63, 3.8) is 0 Å². The van der Waals surface area contributed by atoms with Crippen molar-refractivity contribution in [1.29, 1.82) is 0 Å². The van der Waals surface area contributed by atoms with Crippen molar-refractivity contribution in [2.24, 2.45) is 5.73 Å². The number of nitrogens with two attached hydrogens (primary N) is 2. The minimum absolute atomic E-state index is 0.157. The molecule has 4 nitrogen and oxygen atoms in total. The summed E-state index contributed by atoms with van der Waals surface area (Å²) in [5.74, 6) is -1.81. The number of hydrogen-bond acceptors (Lipinski definition) is 3. The van der Waals surface area contributed by atoms with E-state index in [2.05, 4.69) is 0 Å². The minimum Gasteiger partial charge on any atom is -0.480 e. The summed E-state index contributed by atoms with van der Waals surface area (Å²) in [6, 6.07) is 2.24. The van der Waals surface area contributed by atoms with Crippen molar-refractivity contribution in [3.8, 4) is 0 Å². The van der Waals surface area contributed by atoms with Crippen LogP contribution in [0.3, 0.4) is 0 Å². The minimum atomic E-state index is -1.24. The maximum Gasteiger partial charge on any atom is 0.325 e. The van der Waals surface area contributed by atoms with Gasteiger partial charge in [-0.05, 0) is 23.8 Å². The molecule has 0 aliphatic heterocycles. The molecular formula is C8H9FN2O2. The van der Waals surface area contributed by atoms with E-state index in [0.717, 1.165) is 12.1 Å². The number of aliphatic carboxylic acids is 1. The fourth-order valence-corrected chi connectivity index (χ4v) is 0.958. The van der Waals surface area contributed by atoms with Crippen LogP contribution in [0.2, 0.25) is 0 Å². The lowest BCUT2D eigenvalue weighted by atomic mass is 10.1.